The summed E-state index contributed by atoms with van der Waals surface area (Å²) >= 11 is 5.81. The first-order valence-electron chi connectivity index (χ1n) is 7.39. The molecule has 0 spiro atoms. The standard InChI is InChI=1S/C15H23ClN2O2S/c1-14-6-5-10-17(12-14)21(19,20)18(11-9-16)13-15-7-3-2-4-8-15/h2-4,7-8,14H,5-6,9-13H2,1H3. The van der Waals surface area contributed by atoms with Gasteiger partial charge in [0, 0.05) is 32.1 Å². The van der Waals surface area contributed by atoms with E-state index in [0.29, 0.717) is 38.0 Å². The van der Waals surface area contributed by atoms with Gasteiger partial charge in [0.2, 0.25) is 0 Å². The topological polar surface area (TPSA) is 40.6 Å². The maximum absolute atomic E-state index is 12.8. The zero-order valence-corrected chi connectivity index (χ0v) is 14.0. The third-order valence-electron chi connectivity index (χ3n) is 3.81. The summed E-state index contributed by atoms with van der Waals surface area (Å²) in [5, 5.41) is 0. The summed E-state index contributed by atoms with van der Waals surface area (Å²) in [7, 11) is -3.44. The third kappa shape index (κ3) is 4.42. The number of piperidine rings is 1. The second-order valence-corrected chi connectivity index (χ2v) is 7.93. The Hall–Kier alpha value is -0.620. The van der Waals surface area contributed by atoms with Gasteiger partial charge < -0.3 is 0 Å². The van der Waals surface area contributed by atoms with Gasteiger partial charge >= 0.3 is 0 Å². The van der Waals surface area contributed by atoms with Crippen molar-refractivity contribution in [3.8, 4) is 0 Å². The van der Waals surface area contributed by atoms with Crippen molar-refractivity contribution in [2.45, 2.75) is 26.3 Å². The number of rotatable bonds is 6. The molecule has 1 heterocycles. The van der Waals surface area contributed by atoms with Gasteiger partial charge in [0.25, 0.3) is 10.2 Å². The van der Waals surface area contributed by atoms with Crippen molar-refractivity contribution in [2.75, 3.05) is 25.5 Å². The number of hydrogen-bond acceptors (Lipinski definition) is 2. The number of benzene rings is 1. The molecule has 1 fully saturated rings. The first-order valence-corrected chi connectivity index (χ1v) is 9.32. The van der Waals surface area contributed by atoms with Crippen molar-refractivity contribution in [3.05, 3.63) is 35.9 Å². The largest absolute Gasteiger partial charge is 0.282 e. The molecular formula is C15H23ClN2O2S. The molecule has 1 aromatic rings. The fraction of sp³-hybridized carbons (Fsp3) is 0.600. The van der Waals surface area contributed by atoms with Gasteiger partial charge in [0.1, 0.15) is 0 Å². The fourth-order valence-electron chi connectivity index (χ4n) is 2.68. The molecule has 0 N–H and O–H groups in total. The molecule has 118 valence electrons. The molecule has 1 aliphatic heterocycles. The van der Waals surface area contributed by atoms with E-state index in [9.17, 15) is 8.42 Å². The second kappa shape index (κ2) is 7.58. The highest BCUT2D eigenvalue weighted by Gasteiger charge is 2.32. The SMILES string of the molecule is CC1CCCN(S(=O)(=O)N(CCCl)Cc2ccccc2)C1. The molecule has 0 radical (unpaired) electrons. The predicted octanol–water partition coefficient (Wildman–Crippen LogP) is 2.70. The smallest absolute Gasteiger partial charge is 0.195 e. The number of nitrogens with zero attached hydrogens (tertiary/aromatic N) is 2. The molecule has 1 unspecified atom stereocenters. The minimum atomic E-state index is -3.44. The number of halogens is 1. The average molecular weight is 331 g/mol. The lowest BCUT2D eigenvalue weighted by Crippen LogP contribution is -2.47. The third-order valence-corrected chi connectivity index (χ3v) is 5.93. The van der Waals surface area contributed by atoms with Gasteiger partial charge in [-0.1, -0.05) is 37.3 Å². The molecule has 1 aliphatic rings. The highest BCUT2D eigenvalue weighted by Crippen LogP contribution is 2.21. The molecule has 0 saturated carbocycles. The number of hydrogen-bond donors (Lipinski definition) is 0. The van der Waals surface area contributed by atoms with Crippen molar-refractivity contribution < 1.29 is 8.42 Å². The van der Waals surface area contributed by atoms with Crippen molar-refractivity contribution in [3.63, 3.8) is 0 Å². The molecule has 1 atom stereocenters. The van der Waals surface area contributed by atoms with Crippen LogP contribution in [-0.2, 0) is 16.8 Å². The van der Waals surface area contributed by atoms with Crippen molar-refractivity contribution in [1.29, 1.82) is 0 Å². The van der Waals surface area contributed by atoms with Crippen LogP contribution >= 0.6 is 11.6 Å². The van der Waals surface area contributed by atoms with Crippen LogP contribution in [0.25, 0.3) is 0 Å². The molecule has 4 nitrogen and oxygen atoms in total. The van der Waals surface area contributed by atoms with E-state index in [4.69, 9.17) is 11.6 Å². The predicted molar refractivity (Wildman–Crippen MR) is 86.5 cm³/mol. The van der Waals surface area contributed by atoms with Crippen LogP contribution in [0.4, 0.5) is 0 Å². The Bertz CT molecular complexity index is 536. The number of alkyl halides is 1. The summed E-state index contributed by atoms with van der Waals surface area (Å²) < 4.78 is 28.7. The van der Waals surface area contributed by atoms with Gasteiger partial charge in [0.15, 0.2) is 0 Å². The van der Waals surface area contributed by atoms with Crippen LogP contribution in [0.3, 0.4) is 0 Å². The molecule has 21 heavy (non-hydrogen) atoms. The summed E-state index contributed by atoms with van der Waals surface area (Å²) in [4.78, 5) is 0. The van der Waals surface area contributed by atoms with E-state index < -0.39 is 10.2 Å². The first kappa shape index (κ1) is 16.7. The van der Waals surface area contributed by atoms with Gasteiger partial charge in [-0.25, -0.2) is 0 Å². The highest BCUT2D eigenvalue weighted by atomic mass is 35.5. The Morgan fingerprint density at radius 2 is 2.05 bits per heavy atom. The van der Waals surface area contributed by atoms with Crippen molar-refractivity contribution in [2.24, 2.45) is 5.92 Å². The lowest BCUT2D eigenvalue weighted by molar-refractivity contribution is 0.258. The summed E-state index contributed by atoms with van der Waals surface area (Å²) in [6, 6.07) is 9.65. The van der Waals surface area contributed by atoms with Gasteiger partial charge in [-0.15, -0.1) is 11.6 Å². The quantitative estimate of drug-likeness (QED) is 0.752. The van der Waals surface area contributed by atoms with E-state index in [2.05, 4.69) is 6.92 Å². The van der Waals surface area contributed by atoms with Crippen LogP contribution in [0.1, 0.15) is 25.3 Å². The first-order chi connectivity index (χ1) is 10.0. The fourth-order valence-corrected chi connectivity index (χ4v) is 4.74. The summed E-state index contributed by atoms with van der Waals surface area (Å²) in [6.45, 7) is 4.03. The van der Waals surface area contributed by atoms with Gasteiger partial charge in [-0.3, -0.25) is 0 Å². The Balaban J connectivity index is 2.15. The van der Waals surface area contributed by atoms with Crippen molar-refractivity contribution in [1.82, 2.24) is 8.61 Å². The van der Waals surface area contributed by atoms with Crippen LogP contribution in [0.5, 0.6) is 0 Å². The molecular weight excluding hydrogens is 308 g/mol. The summed E-state index contributed by atoms with van der Waals surface area (Å²) in [5.74, 6) is 0.721. The van der Waals surface area contributed by atoms with E-state index in [1.165, 1.54) is 4.31 Å². The molecule has 0 bridgehead atoms. The zero-order valence-electron chi connectivity index (χ0n) is 12.4. The average Bonchev–Trinajstić information content (AvgIpc) is 2.48. The van der Waals surface area contributed by atoms with Crippen LogP contribution in [0.15, 0.2) is 30.3 Å². The lowest BCUT2D eigenvalue weighted by atomic mass is 10.0. The second-order valence-electron chi connectivity index (χ2n) is 5.62. The van der Waals surface area contributed by atoms with E-state index in [1.54, 1.807) is 4.31 Å². The minimum absolute atomic E-state index is 0.301. The van der Waals surface area contributed by atoms with Gasteiger partial charge in [-0.05, 0) is 24.3 Å². The molecule has 0 aromatic heterocycles. The van der Waals surface area contributed by atoms with Gasteiger partial charge in [0.05, 0.1) is 0 Å². The Labute approximate surface area is 132 Å². The van der Waals surface area contributed by atoms with E-state index >= 15 is 0 Å². The van der Waals surface area contributed by atoms with Crippen LogP contribution in [-0.4, -0.2) is 42.5 Å². The van der Waals surface area contributed by atoms with E-state index in [0.717, 1.165) is 18.4 Å². The summed E-state index contributed by atoms with van der Waals surface area (Å²) in [6.07, 6.45) is 2.03. The Morgan fingerprint density at radius 3 is 2.67 bits per heavy atom. The molecule has 2 rings (SSSR count). The van der Waals surface area contributed by atoms with E-state index in [1.807, 2.05) is 30.3 Å². The van der Waals surface area contributed by atoms with Crippen LogP contribution in [0.2, 0.25) is 0 Å². The normalized spacial score (nSPS) is 20.8. The highest BCUT2D eigenvalue weighted by molar-refractivity contribution is 7.86. The Morgan fingerprint density at radius 1 is 1.33 bits per heavy atom. The molecule has 1 saturated heterocycles. The molecule has 6 heteroatoms. The molecule has 0 aliphatic carbocycles. The van der Waals surface area contributed by atoms with Crippen molar-refractivity contribution >= 4 is 21.8 Å². The maximum atomic E-state index is 12.8. The van der Waals surface area contributed by atoms with Gasteiger partial charge in [-0.2, -0.15) is 17.0 Å². The molecule has 0 amide bonds. The zero-order chi connectivity index (χ0) is 15.3. The Kier molecular flexibility index (Phi) is 6.05. The molecule has 1 aromatic carbocycles. The minimum Gasteiger partial charge on any atom is -0.195 e. The summed E-state index contributed by atoms with van der Waals surface area (Å²) in [5.41, 5.74) is 0.983. The van der Waals surface area contributed by atoms with Crippen LogP contribution in [0, 0.1) is 5.92 Å². The monoisotopic (exact) mass is 330 g/mol. The maximum Gasteiger partial charge on any atom is 0.282 e. The lowest BCUT2D eigenvalue weighted by Gasteiger charge is -2.34. The van der Waals surface area contributed by atoms with E-state index in [-0.39, 0.29) is 0 Å². The van der Waals surface area contributed by atoms with Crippen LogP contribution < -0.4 is 0 Å².